The summed E-state index contributed by atoms with van der Waals surface area (Å²) in [6.45, 7) is 0.218. The molecule has 0 amide bonds. The average molecular weight is 227 g/mol. The van der Waals surface area contributed by atoms with Gasteiger partial charge in [-0.1, -0.05) is 0 Å². The first kappa shape index (κ1) is 10.4. The summed E-state index contributed by atoms with van der Waals surface area (Å²) >= 11 is 1.34. The third-order valence-electron chi connectivity index (χ3n) is 2.29. The number of hydrogen-bond donors (Lipinski definition) is 0. The van der Waals surface area contributed by atoms with E-state index in [9.17, 15) is 4.79 Å². The monoisotopic (exact) mass is 227 g/mol. The van der Waals surface area contributed by atoms with Crippen LogP contribution in [0.25, 0.3) is 0 Å². The molecule has 82 valence electrons. The van der Waals surface area contributed by atoms with E-state index in [-0.39, 0.29) is 12.5 Å². The minimum Gasteiger partial charge on any atom is -0.468 e. The van der Waals surface area contributed by atoms with Crippen LogP contribution in [0.3, 0.4) is 0 Å². The van der Waals surface area contributed by atoms with Crippen molar-refractivity contribution < 1.29 is 9.53 Å². The van der Waals surface area contributed by atoms with Gasteiger partial charge in [0.1, 0.15) is 12.4 Å². The highest BCUT2D eigenvalue weighted by Gasteiger charge is 2.28. The fraction of sp³-hybridized carbons (Fsp3) is 0.667. The van der Waals surface area contributed by atoms with Gasteiger partial charge in [-0.3, -0.25) is 4.79 Å². The molecule has 6 heteroatoms. The van der Waals surface area contributed by atoms with Gasteiger partial charge in [-0.05, 0) is 12.8 Å². The number of ether oxygens (including phenoxy) is 1. The molecule has 1 aliphatic rings. The van der Waals surface area contributed by atoms with Crippen LogP contribution in [0.1, 0.15) is 24.6 Å². The van der Waals surface area contributed by atoms with Crippen LogP contribution in [0.15, 0.2) is 0 Å². The standard InChI is InChI=1S/C9H13N3O2S/c1-12(5-7(13)14-2)9-10-8(11-15-9)6-3-4-6/h6H,3-5H2,1-2H3. The Morgan fingerprint density at radius 1 is 1.67 bits per heavy atom. The molecule has 0 unspecified atom stereocenters. The molecule has 15 heavy (non-hydrogen) atoms. The van der Waals surface area contributed by atoms with Crippen LogP contribution in [0, 0.1) is 0 Å². The van der Waals surface area contributed by atoms with E-state index in [4.69, 9.17) is 0 Å². The maximum absolute atomic E-state index is 11.0. The summed E-state index contributed by atoms with van der Waals surface area (Å²) < 4.78 is 8.85. The van der Waals surface area contributed by atoms with E-state index in [2.05, 4.69) is 14.1 Å². The molecule has 1 aromatic heterocycles. The summed E-state index contributed by atoms with van der Waals surface area (Å²) in [5, 5.41) is 0.780. The molecule has 5 nitrogen and oxygen atoms in total. The molecule has 0 atom stereocenters. The van der Waals surface area contributed by atoms with E-state index in [0.717, 1.165) is 11.0 Å². The molecule has 2 rings (SSSR count). The third-order valence-corrected chi connectivity index (χ3v) is 3.14. The molecule has 1 fully saturated rings. The van der Waals surface area contributed by atoms with Crippen molar-refractivity contribution in [1.82, 2.24) is 9.36 Å². The molecule has 1 saturated carbocycles. The van der Waals surface area contributed by atoms with E-state index in [0.29, 0.717) is 5.92 Å². The second-order valence-electron chi connectivity index (χ2n) is 3.64. The number of esters is 1. The van der Waals surface area contributed by atoms with Crippen molar-refractivity contribution in [2.75, 3.05) is 25.6 Å². The molecule has 0 radical (unpaired) electrons. The van der Waals surface area contributed by atoms with Crippen LogP contribution < -0.4 is 4.90 Å². The number of methoxy groups -OCH3 is 1. The van der Waals surface area contributed by atoms with Gasteiger partial charge in [0.15, 0.2) is 0 Å². The first-order valence-corrected chi connectivity index (χ1v) is 5.59. The first-order chi connectivity index (χ1) is 7.20. The van der Waals surface area contributed by atoms with Gasteiger partial charge in [-0.15, -0.1) is 0 Å². The Morgan fingerprint density at radius 3 is 3.00 bits per heavy atom. The lowest BCUT2D eigenvalue weighted by atomic mass is 10.4. The number of hydrogen-bond acceptors (Lipinski definition) is 6. The van der Waals surface area contributed by atoms with Crippen molar-refractivity contribution in [3.63, 3.8) is 0 Å². The highest BCUT2D eigenvalue weighted by Crippen LogP contribution is 2.39. The zero-order valence-corrected chi connectivity index (χ0v) is 9.58. The average Bonchev–Trinajstić information content (AvgIpc) is 2.96. The second kappa shape index (κ2) is 4.14. The van der Waals surface area contributed by atoms with Crippen LogP contribution in [-0.4, -0.2) is 36.0 Å². The Labute approximate surface area is 92.2 Å². The Bertz CT molecular complexity index is 362. The predicted octanol–water partition coefficient (Wildman–Crippen LogP) is 1.02. The SMILES string of the molecule is COC(=O)CN(C)c1nc(C2CC2)ns1. The fourth-order valence-corrected chi connectivity index (χ4v) is 1.92. The van der Waals surface area contributed by atoms with Crippen LogP contribution >= 0.6 is 11.5 Å². The van der Waals surface area contributed by atoms with Crippen LogP contribution in [0.2, 0.25) is 0 Å². The van der Waals surface area contributed by atoms with Crippen LogP contribution in [-0.2, 0) is 9.53 Å². The van der Waals surface area contributed by atoms with Gasteiger partial charge < -0.3 is 9.64 Å². The summed E-state index contributed by atoms with van der Waals surface area (Å²) in [6, 6.07) is 0. The van der Waals surface area contributed by atoms with E-state index >= 15 is 0 Å². The molecule has 0 N–H and O–H groups in total. The molecule has 1 aliphatic carbocycles. The fourth-order valence-electron chi connectivity index (χ4n) is 1.21. The Kier molecular flexibility index (Phi) is 2.86. The summed E-state index contributed by atoms with van der Waals surface area (Å²) in [7, 11) is 3.19. The Balaban J connectivity index is 1.98. The summed E-state index contributed by atoms with van der Waals surface area (Å²) in [5.74, 6) is 1.22. The highest BCUT2D eigenvalue weighted by molar-refractivity contribution is 7.09. The van der Waals surface area contributed by atoms with Gasteiger partial charge in [-0.25, -0.2) is 4.98 Å². The normalized spacial score (nSPS) is 15.1. The minimum atomic E-state index is -0.263. The lowest BCUT2D eigenvalue weighted by Crippen LogP contribution is -2.26. The topological polar surface area (TPSA) is 55.3 Å². The number of carbonyl (C=O) groups is 1. The highest BCUT2D eigenvalue weighted by atomic mass is 32.1. The van der Waals surface area contributed by atoms with Crippen molar-refractivity contribution in [1.29, 1.82) is 0 Å². The Hall–Kier alpha value is -1.17. The largest absolute Gasteiger partial charge is 0.468 e. The van der Waals surface area contributed by atoms with E-state index in [1.165, 1.54) is 31.5 Å². The number of anilines is 1. The number of carbonyl (C=O) groups excluding carboxylic acids is 1. The number of rotatable bonds is 4. The molecule has 0 saturated heterocycles. The Morgan fingerprint density at radius 2 is 2.40 bits per heavy atom. The molecular formula is C9H13N3O2S. The zero-order valence-electron chi connectivity index (χ0n) is 8.77. The quantitative estimate of drug-likeness (QED) is 0.719. The van der Waals surface area contributed by atoms with Crippen molar-refractivity contribution in [2.24, 2.45) is 0 Å². The van der Waals surface area contributed by atoms with Gasteiger partial charge in [0.2, 0.25) is 5.13 Å². The van der Waals surface area contributed by atoms with Gasteiger partial charge in [-0.2, -0.15) is 4.37 Å². The molecule has 1 heterocycles. The van der Waals surface area contributed by atoms with E-state index < -0.39 is 0 Å². The van der Waals surface area contributed by atoms with Crippen molar-refractivity contribution >= 4 is 22.6 Å². The lowest BCUT2D eigenvalue weighted by Gasteiger charge is -2.12. The third kappa shape index (κ3) is 2.44. The maximum Gasteiger partial charge on any atom is 0.325 e. The predicted molar refractivity (Wildman–Crippen MR) is 57.2 cm³/mol. The summed E-state index contributed by atoms with van der Waals surface area (Å²) in [4.78, 5) is 17.2. The van der Waals surface area contributed by atoms with Gasteiger partial charge in [0.25, 0.3) is 0 Å². The van der Waals surface area contributed by atoms with Crippen LogP contribution in [0.5, 0.6) is 0 Å². The van der Waals surface area contributed by atoms with Crippen LogP contribution in [0.4, 0.5) is 5.13 Å². The molecule has 0 bridgehead atoms. The van der Waals surface area contributed by atoms with Gasteiger partial charge in [0, 0.05) is 24.5 Å². The molecular weight excluding hydrogens is 214 g/mol. The van der Waals surface area contributed by atoms with Crippen molar-refractivity contribution in [3.8, 4) is 0 Å². The number of nitrogens with zero attached hydrogens (tertiary/aromatic N) is 3. The smallest absolute Gasteiger partial charge is 0.325 e. The second-order valence-corrected chi connectivity index (χ2v) is 4.37. The zero-order chi connectivity index (χ0) is 10.8. The van der Waals surface area contributed by atoms with Gasteiger partial charge >= 0.3 is 5.97 Å². The lowest BCUT2D eigenvalue weighted by molar-refractivity contribution is -0.138. The van der Waals surface area contributed by atoms with E-state index in [1.54, 1.807) is 4.90 Å². The van der Waals surface area contributed by atoms with E-state index in [1.807, 2.05) is 7.05 Å². The van der Waals surface area contributed by atoms with Crippen molar-refractivity contribution in [3.05, 3.63) is 5.82 Å². The molecule has 1 aromatic rings. The first-order valence-electron chi connectivity index (χ1n) is 4.82. The molecule has 0 aromatic carbocycles. The maximum atomic E-state index is 11.0. The van der Waals surface area contributed by atoms with Gasteiger partial charge in [0.05, 0.1) is 7.11 Å². The molecule has 0 spiro atoms. The number of likely N-dealkylation sites (N-methyl/N-ethyl adjacent to an activating group) is 1. The van der Waals surface area contributed by atoms with Crippen molar-refractivity contribution in [2.45, 2.75) is 18.8 Å². The molecule has 0 aliphatic heterocycles. The summed E-state index contributed by atoms with van der Waals surface area (Å²) in [6.07, 6.45) is 2.38. The minimum absolute atomic E-state index is 0.218. The summed E-state index contributed by atoms with van der Waals surface area (Å²) in [5.41, 5.74) is 0. The number of aromatic nitrogens is 2.